The van der Waals surface area contributed by atoms with Crippen LogP contribution in [0.25, 0.3) is 0 Å². The van der Waals surface area contributed by atoms with Crippen LogP contribution < -0.4 is 4.74 Å². The monoisotopic (exact) mass is 308 g/mol. The van der Waals surface area contributed by atoms with Crippen LogP contribution in [0, 0.1) is 0 Å². The molecule has 0 saturated heterocycles. The number of hydrogen-bond donors (Lipinski definition) is 1. The highest BCUT2D eigenvalue weighted by Gasteiger charge is 2.10. The van der Waals surface area contributed by atoms with E-state index < -0.39 is 5.97 Å². The molecule has 20 heavy (non-hydrogen) atoms. The minimum atomic E-state index is -0.854. The molecule has 0 aliphatic rings. The molecule has 0 aromatic heterocycles. The van der Waals surface area contributed by atoms with Gasteiger partial charge in [0.1, 0.15) is 5.75 Å². The molecule has 5 heteroatoms. The lowest BCUT2D eigenvalue weighted by Gasteiger charge is -2.10. The van der Waals surface area contributed by atoms with Crippen molar-refractivity contribution in [3.63, 3.8) is 0 Å². The molecular formula is C15H13ClO3S. The van der Waals surface area contributed by atoms with Gasteiger partial charge in [-0.25, -0.2) is 0 Å². The predicted octanol–water partition coefficient (Wildman–Crippen LogP) is 4.13. The summed E-state index contributed by atoms with van der Waals surface area (Å²) in [6, 6.07) is 12.8. The van der Waals surface area contributed by atoms with E-state index in [1.165, 1.54) is 11.8 Å². The van der Waals surface area contributed by atoms with Crippen LogP contribution in [0.4, 0.5) is 0 Å². The summed E-state index contributed by atoms with van der Waals surface area (Å²) < 4.78 is 5.19. The van der Waals surface area contributed by atoms with Crippen LogP contribution in [-0.4, -0.2) is 18.2 Å². The lowest BCUT2D eigenvalue weighted by Crippen LogP contribution is -2.01. The van der Waals surface area contributed by atoms with Gasteiger partial charge in [-0.2, -0.15) is 0 Å². The van der Waals surface area contributed by atoms with E-state index in [2.05, 4.69) is 0 Å². The van der Waals surface area contributed by atoms with Gasteiger partial charge in [0.2, 0.25) is 0 Å². The van der Waals surface area contributed by atoms with E-state index in [9.17, 15) is 4.79 Å². The van der Waals surface area contributed by atoms with E-state index >= 15 is 0 Å². The SMILES string of the molecule is COc1ccc(CC(=O)O)c(Sc2ccc(Cl)cc2)c1. The standard InChI is InChI=1S/C15H13ClO3S/c1-19-12-5-2-10(8-15(17)18)14(9-12)20-13-6-3-11(16)4-7-13/h2-7,9H,8H2,1H3,(H,17,18). The van der Waals surface area contributed by atoms with E-state index in [0.717, 1.165) is 15.4 Å². The van der Waals surface area contributed by atoms with Crippen LogP contribution in [0.15, 0.2) is 52.3 Å². The van der Waals surface area contributed by atoms with Crippen molar-refractivity contribution in [2.24, 2.45) is 0 Å². The Balaban J connectivity index is 2.31. The Bertz CT molecular complexity index is 611. The molecule has 0 amide bonds. The van der Waals surface area contributed by atoms with Crippen molar-refractivity contribution < 1.29 is 14.6 Å². The van der Waals surface area contributed by atoms with Gasteiger partial charge in [-0.05, 0) is 42.0 Å². The van der Waals surface area contributed by atoms with Crippen molar-refractivity contribution in [1.82, 2.24) is 0 Å². The predicted molar refractivity (Wildman–Crippen MR) is 79.9 cm³/mol. The highest BCUT2D eigenvalue weighted by molar-refractivity contribution is 7.99. The number of ether oxygens (including phenoxy) is 1. The van der Waals surface area contributed by atoms with E-state index in [-0.39, 0.29) is 6.42 Å². The Morgan fingerprint density at radius 3 is 2.55 bits per heavy atom. The molecule has 0 radical (unpaired) electrons. The third kappa shape index (κ3) is 3.92. The second kappa shape index (κ2) is 6.68. The van der Waals surface area contributed by atoms with Crippen LogP contribution in [0.1, 0.15) is 5.56 Å². The molecule has 1 N–H and O–H groups in total. The van der Waals surface area contributed by atoms with E-state index in [0.29, 0.717) is 10.8 Å². The first-order valence-electron chi connectivity index (χ1n) is 5.90. The maximum atomic E-state index is 10.9. The Morgan fingerprint density at radius 1 is 1.25 bits per heavy atom. The van der Waals surface area contributed by atoms with Crippen molar-refractivity contribution >= 4 is 29.3 Å². The van der Waals surface area contributed by atoms with Crippen molar-refractivity contribution in [3.05, 3.63) is 53.1 Å². The lowest BCUT2D eigenvalue weighted by molar-refractivity contribution is -0.136. The molecule has 0 atom stereocenters. The Hall–Kier alpha value is -1.65. The van der Waals surface area contributed by atoms with E-state index in [1.54, 1.807) is 31.4 Å². The molecule has 2 aromatic carbocycles. The van der Waals surface area contributed by atoms with E-state index in [4.69, 9.17) is 21.4 Å². The largest absolute Gasteiger partial charge is 0.497 e. The molecule has 0 bridgehead atoms. The first-order chi connectivity index (χ1) is 9.58. The van der Waals surface area contributed by atoms with Gasteiger partial charge < -0.3 is 9.84 Å². The number of aliphatic carboxylic acids is 1. The van der Waals surface area contributed by atoms with Gasteiger partial charge in [-0.1, -0.05) is 29.4 Å². The molecule has 0 saturated carbocycles. The summed E-state index contributed by atoms with van der Waals surface area (Å²) in [7, 11) is 1.59. The third-order valence-electron chi connectivity index (χ3n) is 2.66. The maximum absolute atomic E-state index is 10.9. The van der Waals surface area contributed by atoms with Crippen LogP contribution in [0.3, 0.4) is 0 Å². The van der Waals surface area contributed by atoms with Crippen molar-refractivity contribution in [2.75, 3.05) is 7.11 Å². The second-order valence-corrected chi connectivity index (χ2v) is 5.65. The zero-order valence-electron chi connectivity index (χ0n) is 10.8. The summed E-state index contributed by atoms with van der Waals surface area (Å²) in [6.45, 7) is 0. The quantitative estimate of drug-likeness (QED) is 0.902. The minimum Gasteiger partial charge on any atom is -0.497 e. The van der Waals surface area contributed by atoms with Gasteiger partial charge >= 0.3 is 5.97 Å². The fraction of sp³-hybridized carbons (Fsp3) is 0.133. The van der Waals surface area contributed by atoms with Gasteiger partial charge in [0.05, 0.1) is 13.5 Å². The number of carboxylic acid groups (broad SMARTS) is 1. The Labute approximate surface area is 126 Å². The average Bonchev–Trinajstić information content (AvgIpc) is 2.42. The summed E-state index contributed by atoms with van der Waals surface area (Å²) in [4.78, 5) is 12.8. The molecule has 0 unspecified atom stereocenters. The molecule has 0 heterocycles. The average molecular weight is 309 g/mol. The van der Waals surface area contributed by atoms with Crippen molar-refractivity contribution in [3.8, 4) is 5.75 Å². The number of methoxy groups -OCH3 is 1. The summed E-state index contributed by atoms with van der Waals surface area (Å²) in [5.74, 6) is -0.149. The number of rotatable bonds is 5. The normalized spacial score (nSPS) is 10.3. The first-order valence-corrected chi connectivity index (χ1v) is 7.10. The number of hydrogen-bond acceptors (Lipinski definition) is 3. The molecule has 0 aliphatic heterocycles. The topological polar surface area (TPSA) is 46.5 Å². The second-order valence-electron chi connectivity index (χ2n) is 4.10. The van der Waals surface area contributed by atoms with Gasteiger partial charge in [0.15, 0.2) is 0 Å². The molecule has 0 spiro atoms. The number of carbonyl (C=O) groups is 1. The summed E-state index contributed by atoms with van der Waals surface area (Å²) >= 11 is 7.35. The summed E-state index contributed by atoms with van der Waals surface area (Å²) in [5, 5.41) is 9.63. The van der Waals surface area contributed by atoms with Gasteiger partial charge in [0.25, 0.3) is 0 Å². The minimum absolute atomic E-state index is 0.0140. The zero-order valence-corrected chi connectivity index (χ0v) is 12.4. The van der Waals surface area contributed by atoms with Gasteiger partial charge in [-0.15, -0.1) is 0 Å². The Morgan fingerprint density at radius 2 is 1.95 bits per heavy atom. The molecule has 2 rings (SSSR count). The number of halogens is 1. The highest BCUT2D eigenvalue weighted by Crippen LogP contribution is 2.34. The first kappa shape index (κ1) is 14.8. The van der Waals surface area contributed by atoms with Gasteiger partial charge in [0, 0.05) is 14.8 Å². The van der Waals surface area contributed by atoms with Crippen molar-refractivity contribution in [2.45, 2.75) is 16.2 Å². The zero-order chi connectivity index (χ0) is 14.5. The van der Waals surface area contributed by atoms with Crippen LogP contribution in [-0.2, 0) is 11.2 Å². The van der Waals surface area contributed by atoms with Crippen LogP contribution in [0.2, 0.25) is 5.02 Å². The van der Waals surface area contributed by atoms with Gasteiger partial charge in [-0.3, -0.25) is 4.79 Å². The fourth-order valence-corrected chi connectivity index (χ4v) is 2.79. The number of carboxylic acids is 1. The summed E-state index contributed by atoms with van der Waals surface area (Å²) in [6.07, 6.45) is -0.0140. The van der Waals surface area contributed by atoms with Crippen LogP contribution in [0.5, 0.6) is 5.75 Å². The lowest BCUT2D eigenvalue weighted by atomic mass is 10.1. The molecule has 0 aliphatic carbocycles. The molecule has 104 valence electrons. The highest BCUT2D eigenvalue weighted by atomic mass is 35.5. The molecule has 0 fully saturated rings. The third-order valence-corrected chi connectivity index (χ3v) is 4.02. The molecular weight excluding hydrogens is 296 g/mol. The smallest absolute Gasteiger partial charge is 0.307 e. The fourth-order valence-electron chi connectivity index (χ4n) is 1.70. The summed E-state index contributed by atoms with van der Waals surface area (Å²) in [5.41, 5.74) is 0.762. The molecule has 2 aromatic rings. The molecule has 3 nitrogen and oxygen atoms in total. The van der Waals surface area contributed by atoms with Crippen LogP contribution >= 0.6 is 23.4 Å². The maximum Gasteiger partial charge on any atom is 0.307 e. The number of benzene rings is 2. The Kier molecular flexibility index (Phi) is 4.93. The van der Waals surface area contributed by atoms with E-state index in [1.807, 2.05) is 18.2 Å². The van der Waals surface area contributed by atoms with Crippen molar-refractivity contribution in [1.29, 1.82) is 0 Å².